The van der Waals surface area contributed by atoms with Crippen LogP contribution in [0.2, 0.25) is 0 Å². The first kappa shape index (κ1) is 14.5. The lowest BCUT2D eigenvalue weighted by molar-refractivity contribution is 0.132. The van der Waals surface area contributed by atoms with Gasteiger partial charge in [0.25, 0.3) is 0 Å². The van der Waals surface area contributed by atoms with Gasteiger partial charge in [0.05, 0.1) is 12.2 Å². The molecule has 1 fully saturated rings. The molecule has 3 N–H and O–H groups in total. The molecule has 0 bridgehead atoms. The predicted octanol–water partition coefficient (Wildman–Crippen LogP) is 2.20. The molecule has 0 aliphatic heterocycles. The maximum Gasteiger partial charge on any atom is 0.0914 e. The van der Waals surface area contributed by atoms with Crippen molar-refractivity contribution >= 4 is 0 Å². The predicted molar refractivity (Wildman–Crippen MR) is 77.1 cm³/mol. The molecule has 0 amide bonds. The van der Waals surface area contributed by atoms with Gasteiger partial charge < -0.3 is 15.5 Å². The molecule has 1 aliphatic rings. The van der Waals surface area contributed by atoms with E-state index in [-0.39, 0.29) is 6.10 Å². The molecule has 3 nitrogen and oxygen atoms in total. The number of aliphatic hydroxyl groups excluding tert-OH is 2. The van der Waals surface area contributed by atoms with Crippen molar-refractivity contribution in [3.05, 3.63) is 35.4 Å². The summed E-state index contributed by atoms with van der Waals surface area (Å²) in [5.41, 5.74) is 2.21. The van der Waals surface area contributed by atoms with Crippen LogP contribution in [0.25, 0.3) is 0 Å². The smallest absolute Gasteiger partial charge is 0.0914 e. The maximum atomic E-state index is 10.1. The number of hydrogen-bond acceptors (Lipinski definition) is 3. The van der Waals surface area contributed by atoms with Gasteiger partial charge in [0.2, 0.25) is 0 Å². The number of rotatable bonds is 7. The average Bonchev–Trinajstić information content (AvgIpc) is 3.23. The molecule has 2 rings (SSSR count). The molecular weight excluding hydrogens is 238 g/mol. The molecule has 0 spiro atoms. The van der Waals surface area contributed by atoms with Crippen LogP contribution in [0.15, 0.2) is 24.3 Å². The zero-order chi connectivity index (χ0) is 13.8. The minimum atomic E-state index is -0.507. The summed E-state index contributed by atoms with van der Waals surface area (Å²) in [7, 11) is 0. The fourth-order valence-corrected chi connectivity index (χ4v) is 2.24. The van der Waals surface area contributed by atoms with E-state index in [2.05, 4.69) is 31.3 Å². The Labute approximate surface area is 115 Å². The van der Waals surface area contributed by atoms with Gasteiger partial charge in [-0.15, -0.1) is 0 Å². The Bertz CT molecular complexity index is 384. The molecule has 3 heteroatoms. The van der Waals surface area contributed by atoms with Gasteiger partial charge in [0.1, 0.15) is 0 Å². The first-order valence-corrected chi connectivity index (χ1v) is 7.24. The Kier molecular flexibility index (Phi) is 4.97. The highest BCUT2D eigenvalue weighted by atomic mass is 16.3. The molecule has 1 aromatic rings. The zero-order valence-corrected chi connectivity index (χ0v) is 11.8. The first-order valence-electron chi connectivity index (χ1n) is 7.24. The quantitative estimate of drug-likeness (QED) is 0.707. The van der Waals surface area contributed by atoms with Gasteiger partial charge in [0, 0.05) is 13.1 Å². The molecule has 19 heavy (non-hydrogen) atoms. The summed E-state index contributed by atoms with van der Waals surface area (Å²) in [4.78, 5) is 0. The molecule has 2 atom stereocenters. The summed E-state index contributed by atoms with van der Waals surface area (Å²) in [5, 5.41) is 22.9. The summed E-state index contributed by atoms with van der Waals surface area (Å²) < 4.78 is 0. The van der Waals surface area contributed by atoms with Crippen LogP contribution in [0.5, 0.6) is 0 Å². The van der Waals surface area contributed by atoms with Gasteiger partial charge in [0.15, 0.2) is 0 Å². The fraction of sp³-hybridized carbons (Fsp3) is 0.625. The van der Waals surface area contributed by atoms with Crippen LogP contribution in [-0.2, 0) is 0 Å². The van der Waals surface area contributed by atoms with Gasteiger partial charge in [-0.25, -0.2) is 0 Å². The summed E-state index contributed by atoms with van der Waals surface area (Å²) in [6, 6.07) is 8.11. The highest BCUT2D eigenvalue weighted by molar-refractivity contribution is 5.26. The van der Waals surface area contributed by atoms with Crippen molar-refractivity contribution in [3.8, 4) is 0 Å². The van der Waals surface area contributed by atoms with E-state index in [0.717, 1.165) is 18.4 Å². The summed E-state index contributed by atoms with van der Waals surface area (Å²) >= 11 is 0. The van der Waals surface area contributed by atoms with E-state index in [1.54, 1.807) is 0 Å². The number of benzene rings is 1. The Morgan fingerprint density at radius 1 is 1.05 bits per heavy atom. The molecule has 0 radical (unpaired) electrons. The van der Waals surface area contributed by atoms with Crippen LogP contribution in [-0.4, -0.2) is 29.4 Å². The molecule has 106 valence electrons. The normalized spacial score (nSPS) is 18.6. The van der Waals surface area contributed by atoms with Gasteiger partial charge in [-0.2, -0.15) is 0 Å². The topological polar surface area (TPSA) is 52.5 Å². The van der Waals surface area contributed by atoms with E-state index in [0.29, 0.717) is 24.9 Å². The summed E-state index contributed by atoms with van der Waals surface area (Å²) in [5.74, 6) is 0.993. The van der Waals surface area contributed by atoms with Crippen molar-refractivity contribution in [1.82, 2.24) is 5.32 Å². The molecule has 0 saturated heterocycles. The van der Waals surface area contributed by atoms with Crippen LogP contribution in [0.1, 0.15) is 49.8 Å². The Hall–Kier alpha value is -0.900. The lowest BCUT2D eigenvalue weighted by atomic mass is 10.00. The third kappa shape index (κ3) is 4.30. The molecule has 1 saturated carbocycles. The SMILES string of the molecule is CC(C)c1ccc(C(O)CNCC(O)C2CC2)cc1. The lowest BCUT2D eigenvalue weighted by Gasteiger charge is -2.15. The fourth-order valence-electron chi connectivity index (χ4n) is 2.24. The van der Waals surface area contributed by atoms with E-state index in [4.69, 9.17) is 0 Å². The van der Waals surface area contributed by atoms with Gasteiger partial charge >= 0.3 is 0 Å². The second-order valence-corrected chi connectivity index (χ2v) is 5.90. The average molecular weight is 263 g/mol. The summed E-state index contributed by atoms with van der Waals surface area (Å²) in [6.45, 7) is 5.38. The van der Waals surface area contributed by atoms with Gasteiger partial charge in [-0.05, 0) is 35.8 Å². The van der Waals surface area contributed by atoms with Crippen molar-refractivity contribution in [2.45, 2.75) is 44.8 Å². The second-order valence-electron chi connectivity index (χ2n) is 5.90. The Morgan fingerprint density at radius 2 is 1.63 bits per heavy atom. The van der Waals surface area contributed by atoms with E-state index < -0.39 is 6.10 Å². The van der Waals surface area contributed by atoms with E-state index >= 15 is 0 Å². The van der Waals surface area contributed by atoms with Crippen molar-refractivity contribution in [1.29, 1.82) is 0 Å². The highest BCUT2D eigenvalue weighted by Crippen LogP contribution is 2.32. The second kappa shape index (κ2) is 6.51. The van der Waals surface area contributed by atoms with Crippen molar-refractivity contribution in [2.24, 2.45) is 5.92 Å². The lowest BCUT2D eigenvalue weighted by Crippen LogP contribution is -2.31. The maximum absolute atomic E-state index is 10.1. The van der Waals surface area contributed by atoms with E-state index in [1.807, 2.05) is 12.1 Å². The third-order valence-corrected chi connectivity index (χ3v) is 3.85. The number of nitrogens with one attached hydrogen (secondary N) is 1. The van der Waals surface area contributed by atoms with E-state index in [9.17, 15) is 10.2 Å². The van der Waals surface area contributed by atoms with Crippen LogP contribution in [0, 0.1) is 5.92 Å². The van der Waals surface area contributed by atoms with E-state index in [1.165, 1.54) is 5.56 Å². The van der Waals surface area contributed by atoms with Crippen molar-refractivity contribution in [3.63, 3.8) is 0 Å². The molecule has 2 unspecified atom stereocenters. The monoisotopic (exact) mass is 263 g/mol. The Morgan fingerprint density at radius 3 is 2.16 bits per heavy atom. The highest BCUT2D eigenvalue weighted by Gasteiger charge is 2.29. The van der Waals surface area contributed by atoms with Crippen LogP contribution < -0.4 is 5.32 Å². The minimum Gasteiger partial charge on any atom is -0.392 e. The van der Waals surface area contributed by atoms with Crippen molar-refractivity contribution < 1.29 is 10.2 Å². The van der Waals surface area contributed by atoms with Crippen LogP contribution >= 0.6 is 0 Å². The van der Waals surface area contributed by atoms with Crippen molar-refractivity contribution in [2.75, 3.05) is 13.1 Å². The molecule has 1 aromatic carbocycles. The van der Waals surface area contributed by atoms with Gasteiger partial charge in [-0.1, -0.05) is 38.1 Å². The molecule has 1 aliphatic carbocycles. The molecular formula is C16H25NO2. The van der Waals surface area contributed by atoms with Crippen LogP contribution in [0.4, 0.5) is 0 Å². The third-order valence-electron chi connectivity index (χ3n) is 3.85. The Balaban J connectivity index is 1.76. The standard InChI is InChI=1S/C16H25NO2/c1-11(2)12-3-5-13(6-4-12)15(18)9-17-10-16(19)14-7-8-14/h3-6,11,14-19H,7-10H2,1-2H3. The molecule has 0 aromatic heterocycles. The van der Waals surface area contributed by atoms with Crippen LogP contribution in [0.3, 0.4) is 0 Å². The molecule has 0 heterocycles. The largest absolute Gasteiger partial charge is 0.392 e. The number of aliphatic hydroxyl groups is 2. The minimum absolute atomic E-state index is 0.254. The zero-order valence-electron chi connectivity index (χ0n) is 11.8. The summed E-state index contributed by atoms with van der Waals surface area (Å²) in [6.07, 6.45) is 1.52. The number of hydrogen-bond donors (Lipinski definition) is 3. The first-order chi connectivity index (χ1) is 9.08. The van der Waals surface area contributed by atoms with Gasteiger partial charge in [-0.3, -0.25) is 0 Å².